The van der Waals surface area contributed by atoms with Crippen molar-refractivity contribution in [3.05, 3.63) is 29.3 Å². The van der Waals surface area contributed by atoms with E-state index in [1.165, 1.54) is 5.56 Å². The maximum atomic E-state index is 10.5. The number of aliphatic hydroxyl groups excluding tert-OH is 1. The van der Waals surface area contributed by atoms with Gasteiger partial charge in [-0.2, -0.15) is 0 Å². The summed E-state index contributed by atoms with van der Waals surface area (Å²) in [6.45, 7) is 6.32. The molecule has 1 saturated heterocycles. The van der Waals surface area contributed by atoms with Crippen molar-refractivity contribution in [2.45, 2.75) is 38.7 Å². The molecular formula is C16H25NO2. The van der Waals surface area contributed by atoms with Crippen molar-refractivity contribution in [1.29, 1.82) is 0 Å². The van der Waals surface area contributed by atoms with Gasteiger partial charge in [-0.1, -0.05) is 19.9 Å². The first kappa shape index (κ1) is 14.4. The summed E-state index contributed by atoms with van der Waals surface area (Å²) in [5.74, 6) is 1.68. The van der Waals surface area contributed by atoms with Gasteiger partial charge in [0.2, 0.25) is 0 Å². The van der Waals surface area contributed by atoms with Gasteiger partial charge in [-0.3, -0.25) is 0 Å². The van der Waals surface area contributed by atoms with Crippen molar-refractivity contribution in [3.8, 4) is 5.75 Å². The molecule has 1 heterocycles. The first-order valence-corrected chi connectivity index (χ1v) is 7.20. The highest BCUT2D eigenvalue weighted by atomic mass is 16.5. The van der Waals surface area contributed by atoms with Gasteiger partial charge in [0.1, 0.15) is 5.75 Å². The third-order valence-electron chi connectivity index (χ3n) is 4.05. The van der Waals surface area contributed by atoms with E-state index in [0.717, 1.165) is 37.2 Å². The normalized spacial score (nSPS) is 18.6. The van der Waals surface area contributed by atoms with E-state index in [4.69, 9.17) is 4.74 Å². The minimum Gasteiger partial charge on any atom is -0.496 e. The van der Waals surface area contributed by atoms with Crippen molar-refractivity contribution in [3.63, 3.8) is 0 Å². The first-order chi connectivity index (χ1) is 9.13. The maximum Gasteiger partial charge on any atom is 0.122 e. The van der Waals surface area contributed by atoms with Crippen LogP contribution in [0.1, 0.15) is 49.8 Å². The van der Waals surface area contributed by atoms with Crippen molar-refractivity contribution in [2.24, 2.45) is 5.92 Å². The van der Waals surface area contributed by atoms with Crippen LogP contribution >= 0.6 is 0 Å². The Morgan fingerprint density at radius 3 is 2.53 bits per heavy atom. The molecule has 1 aromatic carbocycles. The van der Waals surface area contributed by atoms with E-state index in [-0.39, 0.29) is 6.10 Å². The Balaban J connectivity index is 2.21. The molecule has 0 spiro atoms. The van der Waals surface area contributed by atoms with Gasteiger partial charge in [0, 0.05) is 0 Å². The molecule has 19 heavy (non-hydrogen) atoms. The Hall–Kier alpha value is -1.06. The third-order valence-corrected chi connectivity index (χ3v) is 4.05. The fourth-order valence-corrected chi connectivity index (χ4v) is 2.82. The van der Waals surface area contributed by atoms with Crippen molar-refractivity contribution < 1.29 is 9.84 Å². The highest BCUT2D eigenvalue weighted by molar-refractivity contribution is 5.40. The molecule has 1 unspecified atom stereocenters. The summed E-state index contributed by atoms with van der Waals surface area (Å²) in [5.41, 5.74) is 2.20. The van der Waals surface area contributed by atoms with E-state index in [9.17, 15) is 5.11 Å². The van der Waals surface area contributed by atoms with Gasteiger partial charge < -0.3 is 15.2 Å². The molecule has 2 rings (SSSR count). The van der Waals surface area contributed by atoms with Crippen LogP contribution in [0.15, 0.2) is 18.2 Å². The number of benzene rings is 1. The van der Waals surface area contributed by atoms with Crippen molar-refractivity contribution >= 4 is 0 Å². The molecule has 0 saturated carbocycles. The summed E-state index contributed by atoms with van der Waals surface area (Å²) in [4.78, 5) is 0. The average molecular weight is 263 g/mol. The molecule has 106 valence electrons. The van der Waals surface area contributed by atoms with Crippen LogP contribution in [0.4, 0.5) is 0 Å². The highest BCUT2D eigenvalue weighted by Gasteiger charge is 2.23. The number of ether oxygens (including phenoxy) is 1. The smallest absolute Gasteiger partial charge is 0.122 e. The van der Waals surface area contributed by atoms with E-state index < -0.39 is 0 Å². The molecule has 0 aliphatic carbocycles. The fraction of sp³-hybridized carbons (Fsp3) is 0.625. The van der Waals surface area contributed by atoms with E-state index in [1.807, 2.05) is 12.1 Å². The van der Waals surface area contributed by atoms with Crippen LogP contribution in [-0.2, 0) is 0 Å². The quantitative estimate of drug-likeness (QED) is 0.877. The maximum absolute atomic E-state index is 10.5. The van der Waals surface area contributed by atoms with Crippen molar-refractivity contribution in [2.75, 3.05) is 20.2 Å². The molecule has 0 bridgehead atoms. The summed E-state index contributed by atoms with van der Waals surface area (Å²) in [7, 11) is 1.70. The van der Waals surface area contributed by atoms with Gasteiger partial charge >= 0.3 is 0 Å². The lowest BCUT2D eigenvalue weighted by Crippen LogP contribution is -2.30. The number of hydrogen-bond acceptors (Lipinski definition) is 3. The van der Waals surface area contributed by atoms with Crippen LogP contribution in [0.2, 0.25) is 0 Å². The summed E-state index contributed by atoms with van der Waals surface area (Å²) in [6.07, 6.45) is 1.74. The second-order valence-electron chi connectivity index (χ2n) is 5.69. The number of methoxy groups -OCH3 is 1. The van der Waals surface area contributed by atoms with E-state index in [0.29, 0.717) is 11.8 Å². The number of aliphatic hydroxyl groups is 1. The third kappa shape index (κ3) is 3.28. The minimum atomic E-state index is -0.356. The molecule has 2 N–H and O–H groups in total. The van der Waals surface area contributed by atoms with Gasteiger partial charge in [-0.15, -0.1) is 0 Å². The highest BCUT2D eigenvalue weighted by Crippen LogP contribution is 2.33. The van der Waals surface area contributed by atoms with Gasteiger partial charge in [0.05, 0.1) is 13.2 Å². The number of rotatable bonds is 4. The Morgan fingerprint density at radius 1 is 1.26 bits per heavy atom. The monoisotopic (exact) mass is 263 g/mol. The second-order valence-corrected chi connectivity index (χ2v) is 5.69. The predicted molar refractivity (Wildman–Crippen MR) is 77.6 cm³/mol. The summed E-state index contributed by atoms with van der Waals surface area (Å²) < 4.78 is 5.40. The largest absolute Gasteiger partial charge is 0.496 e. The van der Waals surface area contributed by atoms with Gasteiger partial charge in [0.15, 0.2) is 0 Å². The molecule has 0 radical (unpaired) electrons. The molecule has 3 nitrogen and oxygen atoms in total. The molecule has 3 heteroatoms. The van der Waals surface area contributed by atoms with Crippen LogP contribution in [0.3, 0.4) is 0 Å². The lowest BCUT2D eigenvalue weighted by molar-refractivity contribution is 0.0888. The number of hydrogen-bond donors (Lipinski definition) is 2. The summed E-state index contributed by atoms with van der Waals surface area (Å²) in [5, 5.41) is 13.9. The zero-order chi connectivity index (χ0) is 13.8. The molecule has 0 amide bonds. The minimum absolute atomic E-state index is 0.356. The SMILES string of the molecule is COc1ccc(C(O)C2CCNCC2)cc1C(C)C. The van der Waals surface area contributed by atoms with Crippen LogP contribution in [0.5, 0.6) is 5.75 Å². The molecule has 1 aliphatic heterocycles. The Morgan fingerprint density at radius 2 is 1.95 bits per heavy atom. The standard InChI is InChI=1S/C16H25NO2/c1-11(2)14-10-13(4-5-15(14)19-3)16(18)12-6-8-17-9-7-12/h4-5,10-12,16-18H,6-9H2,1-3H3. The summed E-state index contributed by atoms with van der Waals surface area (Å²) >= 11 is 0. The fourth-order valence-electron chi connectivity index (χ4n) is 2.82. The van der Waals surface area contributed by atoms with Gasteiger partial charge in [0.25, 0.3) is 0 Å². The Kier molecular flexibility index (Phi) is 4.83. The molecular weight excluding hydrogens is 238 g/mol. The van der Waals surface area contributed by atoms with E-state index >= 15 is 0 Å². The van der Waals surface area contributed by atoms with Crippen LogP contribution < -0.4 is 10.1 Å². The molecule has 1 aromatic rings. The number of piperidine rings is 1. The predicted octanol–water partition coefficient (Wildman–Crippen LogP) is 2.85. The topological polar surface area (TPSA) is 41.5 Å². The van der Waals surface area contributed by atoms with E-state index in [1.54, 1.807) is 7.11 Å². The molecule has 1 fully saturated rings. The molecule has 1 atom stereocenters. The zero-order valence-corrected chi connectivity index (χ0v) is 12.1. The average Bonchev–Trinajstić information content (AvgIpc) is 2.46. The second kappa shape index (κ2) is 6.40. The van der Waals surface area contributed by atoms with Crippen LogP contribution in [0.25, 0.3) is 0 Å². The van der Waals surface area contributed by atoms with Gasteiger partial charge in [-0.05, 0) is 61.0 Å². The molecule has 0 aromatic heterocycles. The molecule has 1 aliphatic rings. The summed E-state index contributed by atoms with van der Waals surface area (Å²) in [6, 6.07) is 6.09. The Bertz CT molecular complexity index is 411. The number of nitrogens with one attached hydrogen (secondary N) is 1. The van der Waals surface area contributed by atoms with Gasteiger partial charge in [-0.25, -0.2) is 0 Å². The van der Waals surface area contributed by atoms with Crippen LogP contribution in [-0.4, -0.2) is 25.3 Å². The van der Waals surface area contributed by atoms with E-state index in [2.05, 4.69) is 25.2 Å². The Labute approximate surface area is 116 Å². The van der Waals surface area contributed by atoms with Crippen molar-refractivity contribution in [1.82, 2.24) is 5.32 Å². The lowest BCUT2D eigenvalue weighted by atomic mass is 9.86. The zero-order valence-electron chi connectivity index (χ0n) is 12.1. The first-order valence-electron chi connectivity index (χ1n) is 7.20. The van der Waals surface area contributed by atoms with Crippen LogP contribution in [0, 0.1) is 5.92 Å². The lowest BCUT2D eigenvalue weighted by Gasteiger charge is -2.28.